The molecule has 32 heavy (non-hydrogen) atoms. The zero-order valence-corrected chi connectivity index (χ0v) is 21.7. The van der Waals surface area contributed by atoms with E-state index in [4.69, 9.17) is 14.1 Å². The largest absolute Gasteiger partial charge is 0.488 e. The van der Waals surface area contributed by atoms with Crippen molar-refractivity contribution in [1.29, 1.82) is 0 Å². The van der Waals surface area contributed by atoms with Crippen LogP contribution in [0.1, 0.15) is 42.7 Å². The number of para-hydroxylation sites is 1. The fourth-order valence-electron chi connectivity index (χ4n) is 4.27. The quantitative estimate of drug-likeness (QED) is 0.310. The highest BCUT2D eigenvalue weighted by atomic mass is 127. The van der Waals surface area contributed by atoms with E-state index in [1.807, 2.05) is 26.0 Å². The number of ether oxygens (including phenoxy) is 1. The van der Waals surface area contributed by atoms with Crippen LogP contribution >= 0.6 is 24.0 Å². The number of halogens is 1. The Labute approximate surface area is 208 Å². The van der Waals surface area contributed by atoms with Crippen LogP contribution in [-0.4, -0.2) is 54.7 Å². The normalized spacial score (nSPS) is 19.2. The average molecular weight is 553 g/mol. The highest BCUT2D eigenvalue weighted by Crippen LogP contribution is 2.27. The number of fused-ring (bicyclic) bond motifs is 1. The van der Waals surface area contributed by atoms with Crippen LogP contribution in [0.4, 0.5) is 0 Å². The molecule has 2 aliphatic heterocycles. The molecular weight excluding hydrogens is 517 g/mol. The van der Waals surface area contributed by atoms with Crippen molar-refractivity contribution in [3.8, 4) is 5.75 Å². The predicted molar refractivity (Wildman–Crippen MR) is 138 cm³/mol. The van der Waals surface area contributed by atoms with Crippen LogP contribution in [0.2, 0.25) is 0 Å². The third-order valence-corrected chi connectivity index (χ3v) is 6.20. The molecule has 0 amide bonds. The van der Waals surface area contributed by atoms with Crippen LogP contribution in [0.25, 0.3) is 0 Å². The predicted octanol–water partition coefficient (Wildman–Crippen LogP) is 3.68. The monoisotopic (exact) mass is 553 g/mol. The molecule has 0 saturated carbocycles. The molecule has 1 aromatic heterocycles. The van der Waals surface area contributed by atoms with Gasteiger partial charge in [0.25, 0.3) is 0 Å². The van der Waals surface area contributed by atoms with Gasteiger partial charge in [0.1, 0.15) is 17.6 Å². The number of oxazole rings is 1. The highest BCUT2D eigenvalue weighted by molar-refractivity contribution is 14.0. The summed E-state index contributed by atoms with van der Waals surface area (Å²) in [6, 6.07) is 8.29. The maximum Gasteiger partial charge on any atom is 0.208 e. The van der Waals surface area contributed by atoms with Gasteiger partial charge in [0.2, 0.25) is 5.89 Å². The van der Waals surface area contributed by atoms with E-state index in [0.29, 0.717) is 5.92 Å². The number of likely N-dealkylation sites (tertiary alicyclic amines) is 1. The number of nitrogens with zero attached hydrogens (tertiary/aromatic N) is 3. The van der Waals surface area contributed by atoms with Gasteiger partial charge in [-0.3, -0.25) is 9.89 Å². The molecule has 8 heteroatoms. The van der Waals surface area contributed by atoms with E-state index in [-0.39, 0.29) is 30.1 Å². The maximum absolute atomic E-state index is 6.04. The molecule has 4 rings (SSSR count). The molecule has 0 radical (unpaired) electrons. The van der Waals surface area contributed by atoms with Gasteiger partial charge < -0.3 is 19.8 Å². The van der Waals surface area contributed by atoms with Crippen molar-refractivity contribution in [2.24, 2.45) is 10.9 Å². The molecule has 0 spiro atoms. The summed E-state index contributed by atoms with van der Waals surface area (Å²) in [5.41, 5.74) is 2.28. The minimum atomic E-state index is 0. The van der Waals surface area contributed by atoms with Gasteiger partial charge in [-0.25, -0.2) is 4.98 Å². The molecule has 1 atom stereocenters. The zero-order chi connectivity index (χ0) is 21.6. The fraction of sp³-hybridized carbons (Fsp3) is 0.583. The van der Waals surface area contributed by atoms with E-state index in [2.05, 4.69) is 39.6 Å². The first-order chi connectivity index (χ1) is 15.1. The van der Waals surface area contributed by atoms with Gasteiger partial charge in [-0.05, 0) is 64.3 Å². The zero-order valence-electron chi connectivity index (χ0n) is 19.4. The molecular formula is C24H36IN5O2. The van der Waals surface area contributed by atoms with E-state index < -0.39 is 0 Å². The van der Waals surface area contributed by atoms with Crippen molar-refractivity contribution in [1.82, 2.24) is 20.5 Å². The van der Waals surface area contributed by atoms with Crippen molar-refractivity contribution in [3.05, 3.63) is 47.2 Å². The van der Waals surface area contributed by atoms with Crippen LogP contribution < -0.4 is 15.4 Å². The van der Waals surface area contributed by atoms with Gasteiger partial charge >= 0.3 is 0 Å². The molecule has 0 bridgehead atoms. The Bertz CT molecular complexity index is 848. The molecule has 1 aromatic carbocycles. The molecule has 7 nitrogen and oxygen atoms in total. The molecule has 2 aliphatic rings. The lowest BCUT2D eigenvalue weighted by atomic mass is 9.97. The molecule has 1 saturated heterocycles. The van der Waals surface area contributed by atoms with Gasteiger partial charge in [0.05, 0.1) is 18.8 Å². The fourth-order valence-corrected chi connectivity index (χ4v) is 4.27. The lowest BCUT2D eigenvalue weighted by Crippen LogP contribution is -2.42. The second-order valence-corrected chi connectivity index (χ2v) is 8.62. The van der Waals surface area contributed by atoms with Crippen LogP contribution in [0.15, 0.2) is 33.7 Å². The summed E-state index contributed by atoms with van der Waals surface area (Å²) in [6.45, 7) is 11.5. The van der Waals surface area contributed by atoms with E-state index >= 15 is 0 Å². The lowest BCUT2D eigenvalue weighted by Gasteiger charge is -2.30. The maximum atomic E-state index is 6.04. The molecule has 3 heterocycles. The number of hydrogen-bond donors (Lipinski definition) is 2. The first-order valence-corrected chi connectivity index (χ1v) is 11.5. The van der Waals surface area contributed by atoms with Gasteiger partial charge in [-0.15, -0.1) is 24.0 Å². The summed E-state index contributed by atoms with van der Waals surface area (Å²) in [4.78, 5) is 11.8. The van der Waals surface area contributed by atoms with Gasteiger partial charge in [0.15, 0.2) is 5.96 Å². The van der Waals surface area contributed by atoms with Crippen molar-refractivity contribution in [2.45, 2.75) is 52.7 Å². The second kappa shape index (κ2) is 11.9. The third kappa shape index (κ3) is 6.60. The van der Waals surface area contributed by atoms with Crippen LogP contribution in [0.5, 0.6) is 5.75 Å². The Kier molecular flexibility index (Phi) is 9.22. The number of rotatable bonds is 7. The van der Waals surface area contributed by atoms with Crippen LogP contribution in [-0.2, 0) is 13.0 Å². The first kappa shape index (κ1) is 24.8. The van der Waals surface area contributed by atoms with Crippen molar-refractivity contribution < 1.29 is 9.15 Å². The molecule has 1 unspecified atom stereocenters. The summed E-state index contributed by atoms with van der Waals surface area (Å²) in [5.74, 6) is 4.27. The Balaban J connectivity index is 0.00000289. The number of benzene rings is 1. The molecule has 176 valence electrons. The van der Waals surface area contributed by atoms with Gasteiger partial charge in [0, 0.05) is 19.5 Å². The molecule has 0 aliphatic carbocycles. The Morgan fingerprint density at radius 2 is 1.97 bits per heavy atom. The summed E-state index contributed by atoms with van der Waals surface area (Å²) in [6.07, 6.45) is 3.42. The summed E-state index contributed by atoms with van der Waals surface area (Å²) in [5, 5.41) is 6.84. The van der Waals surface area contributed by atoms with E-state index in [0.717, 1.165) is 87.6 Å². The number of aliphatic imine (C=N–C) groups is 1. The number of nitrogens with one attached hydrogen (secondary N) is 2. The number of aromatic nitrogens is 1. The summed E-state index contributed by atoms with van der Waals surface area (Å²) in [7, 11) is 0. The highest BCUT2D eigenvalue weighted by Gasteiger charge is 2.23. The first-order valence-electron chi connectivity index (χ1n) is 11.5. The van der Waals surface area contributed by atoms with Crippen molar-refractivity contribution in [3.63, 3.8) is 0 Å². The van der Waals surface area contributed by atoms with Crippen LogP contribution in [0.3, 0.4) is 0 Å². The smallest absolute Gasteiger partial charge is 0.208 e. The minimum absolute atomic E-state index is 0. The summed E-state index contributed by atoms with van der Waals surface area (Å²) >= 11 is 0. The van der Waals surface area contributed by atoms with Crippen molar-refractivity contribution >= 4 is 29.9 Å². The van der Waals surface area contributed by atoms with E-state index in [1.54, 1.807) is 0 Å². The second-order valence-electron chi connectivity index (χ2n) is 8.62. The van der Waals surface area contributed by atoms with Crippen LogP contribution in [0, 0.1) is 19.8 Å². The molecule has 1 fully saturated rings. The SMILES string of the molecule is CCNC(=NCC1CCN(Cc2nc(C)c(C)o2)CC1)NCC1Cc2ccccc2O1.I. The van der Waals surface area contributed by atoms with Crippen molar-refractivity contribution in [2.75, 3.05) is 32.7 Å². The molecule has 2 aromatic rings. The number of aryl methyl sites for hydroxylation is 2. The summed E-state index contributed by atoms with van der Waals surface area (Å²) < 4.78 is 11.8. The Hall–Kier alpha value is -1.81. The number of piperidine rings is 1. The lowest BCUT2D eigenvalue weighted by molar-refractivity contribution is 0.166. The average Bonchev–Trinajstić information content (AvgIpc) is 3.33. The standard InChI is InChI=1S/C24H35N5O2.HI/c1-4-25-24(27-15-21-13-20-7-5-6-8-22(20)31-21)26-14-19-9-11-29(12-10-19)16-23-28-17(2)18(3)30-23;/h5-8,19,21H,4,9-16H2,1-3H3,(H2,25,26,27);1H. The number of hydrogen-bond acceptors (Lipinski definition) is 5. The Morgan fingerprint density at radius 3 is 2.66 bits per heavy atom. The van der Waals surface area contributed by atoms with Gasteiger partial charge in [-0.2, -0.15) is 0 Å². The third-order valence-electron chi connectivity index (χ3n) is 6.20. The Morgan fingerprint density at radius 1 is 1.19 bits per heavy atom. The minimum Gasteiger partial charge on any atom is -0.488 e. The topological polar surface area (TPSA) is 74.9 Å². The number of guanidine groups is 1. The van der Waals surface area contributed by atoms with E-state index in [9.17, 15) is 0 Å². The van der Waals surface area contributed by atoms with E-state index in [1.165, 1.54) is 5.56 Å². The molecule has 2 N–H and O–H groups in total. The van der Waals surface area contributed by atoms with Gasteiger partial charge in [-0.1, -0.05) is 18.2 Å².